The lowest BCUT2D eigenvalue weighted by Gasteiger charge is -2.37. The number of hydrogen-bond donors (Lipinski definition) is 0. The van der Waals surface area contributed by atoms with E-state index in [2.05, 4.69) is 33.8 Å². The van der Waals surface area contributed by atoms with Crippen molar-refractivity contribution in [1.82, 2.24) is 0 Å². The van der Waals surface area contributed by atoms with Crippen LogP contribution in [0.25, 0.3) is 0 Å². The van der Waals surface area contributed by atoms with Crippen LogP contribution in [0.15, 0.2) is 22.8 Å². The third-order valence-electron chi connectivity index (χ3n) is 4.27. The molecule has 0 nitrogen and oxygen atoms in total. The van der Waals surface area contributed by atoms with Crippen molar-refractivity contribution in [3.05, 3.63) is 22.8 Å². The number of fused-ring (bicyclic) bond motifs is 1. The van der Waals surface area contributed by atoms with Crippen LogP contribution >= 0.6 is 0 Å². The Morgan fingerprint density at radius 3 is 2.60 bits per heavy atom. The highest BCUT2D eigenvalue weighted by Gasteiger charge is 2.30. The molecule has 0 aliphatic heterocycles. The topological polar surface area (TPSA) is 0 Å². The van der Waals surface area contributed by atoms with E-state index in [1.165, 1.54) is 25.7 Å². The lowest BCUT2D eigenvalue weighted by Crippen LogP contribution is -2.24. The molecular formula is C15H24. The molecule has 0 aromatic heterocycles. The number of allylic oxidation sites excluding steroid dienone is 4. The van der Waals surface area contributed by atoms with Crippen LogP contribution in [0.1, 0.15) is 53.4 Å². The van der Waals surface area contributed by atoms with E-state index < -0.39 is 0 Å². The van der Waals surface area contributed by atoms with Gasteiger partial charge in [-0.25, -0.2) is 0 Å². The number of hydrogen-bond acceptors (Lipinski definition) is 0. The van der Waals surface area contributed by atoms with Crippen molar-refractivity contribution in [2.75, 3.05) is 0 Å². The maximum atomic E-state index is 2.50. The number of rotatable bonds is 1. The van der Waals surface area contributed by atoms with Crippen LogP contribution in [0, 0.1) is 17.8 Å². The van der Waals surface area contributed by atoms with Crippen LogP contribution in [0.4, 0.5) is 0 Å². The fourth-order valence-corrected chi connectivity index (χ4v) is 3.26. The molecule has 2 atom stereocenters. The normalized spacial score (nSPS) is 31.7. The van der Waals surface area contributed by atoms with Crippen LogP contribution in [-0.2, 0) is 0 Å². The minimum atomic E-state index is 0.747. The molecule has 0 radical (unpaired) electrons. The molecule has 0 N–H and O–H groups in total. The predicted octanol–water partition coefficient (Wildman–Crippen LogP) is 4.73. The van der Waals surface area contributed by atoms with E-state index in [1.807, 2.05) is 0 Å². The van der Waals surface area contributed by atoms with Crippen molar-refractivity contribution in [2.45, 2.75) is 53.4 Å². The summed E-state index contributed by atoms with van der Waals surface area (Å²) in [5, 5.41) is 0. The van der Waals surface area contributed by atoms with Gasteiger partial charge in [-0.3, -0.25) is 0 Å². The van der Waals surface area contributed by atoms with Gasteiger partial charge < -0.3 is 0 Å². The quantitative estimate of drug-likeness (QED) is 0.579. The van der Waals surface area contributed by atoms with Gasteiger partial charge in [0.05, 0.1) is 0 Å². The van der Waals surface area contributed by atoms with E-state index >= 15 is 0 Å². The van der Waals surface area contributed by atoms with Gasteiger partial charge in [0.2, 0.25) is 0 Å². The second-order valence-corrected chi connectivity index (χ2v) is 5.79. The summed E-state index contributed by atoms with van der Waals surface area (Å²) in [6.45, 7) is 9.44. The van der Waals surface area contributed by atoms with Crippen molar-refractivity contribution in [3.8, 4) is 0 Å². The second-order valence-electron chi connectivity index (χ2n) is 5.79. The van der Waals surface area contributed by atoms with E-state index in [1.54, 1.807) is 16.7 Å². The van der Waals surface area contributed by atoms with Gasteiger partial charge in [-0.05, 0) is 55.9 Å². The molecule has 2 aliphatic rings. The first-order chi connectivity index (χ1) is 7.09. The van der Waals surface area contributed by atoms with Crippen LogP contribution in [-0.4, -0.2) is 0 Å². The SMILES string of the molecule is CC1=CC2=C(C(C)C)CCC(C)[C@H]2CC1. The van der Waals surface area contributed by atoms with Gasteiger partial charge in [-0.2, -0.15) is 0 Å². The van der Waals surface area contributed by atoms with E-state index in [4.69, 9.17) is 0 Å². The van der Waals surface area contributed by atoms with Gasteiger partial charge in [0.25, 0.3) is 0 Å². The van der Waals surface area contributed by atoms with Crippen LogP contribution in [0.5, 0.6) is 0 Å². The van der Waals surface area contributed by atoms with E-state index in [-0.39, 0.29) is 0 Å². The summed E-state index contributed by atoms with van der Waals surface area (Å²) in [6, 6.07) is 0. The Morgan fingerprint density at radius 2 is 1.93 bits per heavy atom. The maximum Gasteiger partial charge on any atom is -0.0133 e. The van der Waals surface area contributed by atoms with Gasteiger partial charge in [0, 0.05) is 0 Å². The first kappa shape index (κ1) is 11.0. The minimum Gasteiger partial charge on any atom is -0.0730 e. The average molecular weight is 204 g/mol. The lowest BCUT2D eigenvalue weighted by molar-refractivity contribution is 0.330. The molecule has 15 heavy (non-hydrogen) atoms. The van der Waals surface area contributed by atoms with Crippen LogP contribution in [0.3, 0.4) is 0 Å². The monoisotopic (exact) mass is 204 g/mol. The summed E-state index contributed by atoms with van der Waals surface area (Å²) >= 11 is 0. The Labute approximate surface area is 94.5 Å². The average Bonchev–Trinajstić information content (AvgIpc) is 2.17. The Morgan fingerprint density at radius 1 is 1.20 bits per heavy atom. The molecule has 0 aromatic rings. The summed E-state index contributed by atoms with van der Waals surface area (Å²) in [6.07, 6.45) is 7.97. The zero-order valence-corrected chi connectivity index (χ0v) is 10.6. The molecular weight excluding hydrogens is 180 g/mol. The summed E-state index contributed by atoms with van der Waals surface area (Å²) in [5.41, 5.74) is 5.05. The first-order valence-electron chi connectivity index (χ1n) is 6.49. The van der Waals surface area contributed by atoms with Gasteiger partial charge >= 0.3 is 0 Å². The maximum absolute atomic E-state index is 2.50. The molecule has 0 fully saturated rings. The van der Waals surface area contributed by atoms with Gasteiger partial charge in [-0.1, -0.05) is 38.0 Å². The Hall–Kier alpha value is -0.520. The zero-order chi connectivity index (χ0) is 11.0. The standard InChI is InChI=1S/C15H24/c1-10(2)13-8-6-12(4)14-7-5-11(3)9-15(13)14/h9-10,12,14H,5-8H2,1-4H3/t12?,14-/m1/s1. The van der Waals surface area contributed by atoms with Crippen molar-refractivity contribution in [1.29, 1.82) is 0 Å². The van der Waals surface area contributed by atoms with Crippen molar-refractivity contribution in [3.63, 3.8) is 0 Å². The molecule has 0 heterocycles. The van der Waals surface area contributed by atoms with Crippen molar-refractivity contribution < 1.29 is 0 Å². The molecule has 0 aromatic carbocycles. The fourth-order valence-electron chi connectivity index (χ4n) is 3.26. The zero-order valence-electron chi connectivity index (χ0n) is 10.6. The van der Waals surface area contributed by atoms with E-state index in [0.29, 0.717) is 0 Å². The smallest absolute Gasteiger partial charge is 0.0133 e. The second kappa shape index (κ2) is 4.15. The highest BCUT2D eigenvalue weighted by molar-refractivity contribution is 5.36. The molecule has 0 saturated heterocycles. The van der Waals surface area contributed by atoms with E-state index in [9.17, 15) is 0 Å². The highest BCUT2D eigenvalue weighted by atomic mass is 14.3. The Kier molecular flexibility index (Phi) is 3.04. The summed E-state index contributed by atoms with van der Waals surface area (Å²) in [7, 11) is 0. The van der Waals surface area contributed by atoms with Gasteiger partial charge in [0.15, 0.2) is 0 Å². The predicted molar refractivity (Wildman–Crippen MR) is 66.7 cm³/mol. The summed E-state index contributed by atoms with van der Waals surface area (Å²) < 4.78 is 0. The minimum absolute atomic E-state index is 0.747. The molecule has 2 rings (SSSR count). The Bertz CT molecular complexity index is 304. The molecule has 0 spiro atoms. The van der Waals surface area contributed by atoms with Crippen LogP contribution in [0.2, 0.25) is 0 Å². The molecule has 0 saturated carbocycles. The van der Waals surface area contributed by atoms with E-state index in [0.717, 1.165) is 17.8 Å². The molecule has 2 aliphatic carbocycles. The molecule has 0 heteroatoms. The molecule has 0 amide bonds. The van der Waals surface area contributed by atoms with Crippen LogP contribution < -0.4 is 0 Å². The lowest BCUT2D eigenvalue weighted by atomic mass is 9.68. The highest BCUT2D eigenvalue weighted by Crippen LogP contribution is 2.43. The summed E-state index contributed by atoms with van der Waals surface area (Å²) in [4.78, 5) is 0. The largest absolute Gasteiger partial charge is 0.0730 e. The third kappa shape index (κ3) is 2.04. The van der Waals surface area contributed by atoms with Crippen molar-refractivity contribution in [2.24, 2.45) is 17.8 Å². The van der Waals surface area contributed by atoms with Crippen molar-refractivity contribution >= 4 is 0 Å². The van der Waals surface area contributed by atoms with Gasteiger partial charge in [0.1, 0.15) is 0 Å². The molecule has 1 unspecified atom stereocenters. The fraction of sp³-hybridized carbons (Fsp3) is 0.733. The third-order valence-corrected chi connectivity index (χ3v) is 4.27. The Balaban J connectivity index is 2.40. The summed E-state index contributed by atoms with van der Waals surface area (Å²) in [5.74, 6) is 2.53. The molecule has 0 bridgehead atoms. The molecule has 84 valence electrons. The van der Waals surface area contributed by atoms with Gasteiger partial charge in [-0.15, -0.1) is 0 Å². The first-order valence-corrected chi connectivity index (χ1v) is 6.49.